The Hall–Kier alpha value is -2.64. The maximum atomic E-state index is 13.8. The van der Waals surface area contributed by atoms with Crippen molar-refractivity contribution in [3.63, 3.8) is 0 Å². The van der Waals surface area contributed by atoms with Gasteiger partial charge in [-0.15, -0.1) is 0 Å². The predicted molar refractivity (Wildman–Crippen MR) is 82.2 cm³/mol. The lowest BCUT2D eigenvalue weighted by Gasteiger charge is -2.12. The second kappa shape index (κ2) is 7.57. The fourth-order valence-electron chi connectivity index (χ4n) is 1.89. The molecule has 0 radical (unpaired) electrons. The summed E-state index contributed by atoms with van der Waals surface area (Å²) < 4.78 is 20.7. The van der Waals surface area contributed by atoms with Crippen molar-refractivity contribution in [1.82, 2.24) is 25.4 Å². The number of amides is 2. The van der Waals surface area contributed by atoms with Crippen molar-refractivity contribution in [1.29, 1.82) is 0 Å². The van der Waals surface area contributed by atoms with Crippen LogP contribution in [0.5, 0.6) is 5.75 Å². The molecule has 0 saturated heterocycles. The van der Waals surface area contributed by atoms with Gasteiger partial charge in [0, 0.05) is 13.6 Å². The van der Waals surface area contributed by atoms with Crippen LogP contribution in [0.4, 0.5) is 9.18 Å². The van der Waals surface area contributed by atoms with Crippen LogP contribution in [0.3, 0.4) is 0 Å². The number of rotatable bonds is 6. The van der Waals surface area contributed by atoms with Crippen LogP contribution in [0.2, 0.25) is 0 Å². The van der Waals surface area contributed by atoms with E-state index in [0.717, 1.165) is 0 Å². The Morgan fingerprint density at radius 3 is 2.70 bits per heavy atom. The van der Waals surface area contributed by atoms with Crippen molar-refractivity contribution < 1.29 is 13.9 Å². The molecule has 1 aromatic heterocycles. The molecule has 8 heteroatoms. The van der Waals surface area contributed by atoms with Gasteiger partial charge in [-0.05, 0) is 31.5 Å². The summed E-state index contributed by atoms with van der Waals surface area (Å²) in [6, 6.07) is 4.25. The van der Waals surface area contributed by atoms with Crippen molar-refractivity contribution in [3.8, 4) is 5.75 Å². The van der Waals surface area contributed by atoms with Crippen molar-refractivity contribution in [2.75, 3.05) is 0 Å². The Morgan fingerprint density at radius 1 is 1.35 bits per heavy atom. The van der Waals surface area contributed by atoms with Gasteiger partial charge >= 0.3 is 6.03 Å². The van der Waals surface area contributed by atoms with Crippen LogP contribution in [0.1, 0.15) is 25.2 Å². The maximum absolute atomic E-state index is 13.8. The third-order valence-electron chi connectivity index (χ3n) is 3.02. The zero-order chi connectivity index (χ0) is 16.8. The zero-order valence-electron chi connectivity index (χ0n) is 13.3. The molecule has 23 heavy (non-hydrogen) atoms. The zero-order valence-corrected chi connectivity index (χ0v) is 13.3. The van der Waals surface area contributed by atoms with E-state index < -0.39 is 5.82 Å². The number of hydrogen-bond donors (Lipinski definition) is 2. The first kappa shape index (κ1) is 16.7. The third-order valence-corrected chi connectivity index (χ3v) is 3.02. The minimum atomic E-state index is -0.447. The van der Waals surface area contributed by atoms with E-state index in [2.05, 4.69) is 20.7 Å². The maximum Gasteiger partial charge on any atom is 0.315 e. The number of nitrogens with zero attached hydrogens (tertiary/aromatic N) is 3. The Bertz CT molecular complexity index is 672. The molecule has 0 aliphatic rings. The lowest BCUT2D eigenvalue weighted by molar-refractivity contribution is 0.231. The average molecular weight is 321 g/mol. The van der Waals surface area contributed by atoms with Gasteiger partial charge in [-0.25, -0.2) is 14.2 Å². The number of aromatic nitrogens is 3. The second-order valence-electron chi connectivity index (χ2n) is 5.27. The molecule has 0 spiro atoms. The van der Waals surface area contributed by atoms with Gasteiger partial charge in [-0.2, -0.15) is 5.10 Å². The molecule has 0 bridgehead atoms. The minimum Gasteiger partial charge on any atom is -0.488 e. The summed E-state index contributed by atoms with van der Waals surface area (Å²) in [6.07, 6.45) is 1.32. The van der Waals surface area contributed by atoms with Gasteiger partial charge in [0.2, 0.25) is 0 Å². The number of nitrogens with one attached hydrogen (secondary N) is 2. The summed E-state index contributed by atoms with van der Waals surface area (Å²) in [5, 5.41) is 9.22. The number of urea groups is 1. The van der Waals surface area contributed by atoms with Crippen LogP contribution in [-0.2, 0) is 20.1 Å². The molecular formula is C15H20FN5O2. The van der Waals surface area contributed by atoms with Crippen molar-refractivity contribution in [2.45, 2.75) is 33.0 Å². The van der Waals surface area contributed by atoms with E-state index in [-0.39, 0.29) is 31.0 Å². The SMILES string of the molecule is CC(C)Oc1ccc(CNC(=O)NCc2ncnn2C)cc1F. The van der Waals surface area contributed by atoms with E-state index in [1.807, 2.05) is 13.8 Å². The fraction of sp³-hybridized carbons (Fsp3) is 0.400. The molecule has 7 nitrogen and oxygen atoms in total. The topological polar surface area (TPSA) is 81.1 Å². The molecule has 0 unspecified atom stereocenters. The van der Waals surface area contributed by atoms with Gasteiger partial charge in [-0.3, -0.25) is 4.68 Å². The van der Waals surface area contributed by atoms with Gasteiger partial charge in [0.15, 0.2) is 11.6 Å². The van der Waals surface area contributed by atoms with Crippen LogP contribution in [0, 0.1) is 5.82 Å². The van der Waals surface area contributed by atoms with Crippen molar-refractivity contribution in [3.05, 3.63) is 41.7 Å². The highest BCUT2D eigenvalue weighted by Gasteiger charge is 2.08. The first-order valence-electron chi connectivity index (χ1n) is 7.25. The summed E-state index contributed by atoms with van der Waals surface area (Å²) in [6.45, 7) is 4.13. The largest absolute Gasteiger partial charge is 0.488 e. The van der Waals surface area contributed by atoms with Gasteiger partial charge in [0.05, 0.1) is 12.6 Å². The number of ether oxygens (including phenoxy) is 1. The second-order valence-corrected chi connectivity index (χ2v) is 5.27. The van der Waals surface area contributed by atoms with E-state index in [1.165, 1.54) is 12.4 Å². The van der Waals surface area contributed by atoms with Crippen LogP contribution >= 0.6 is 0 Å². The van der Waals surface area contributed by atoms with Crippen molar-refractivity contribution >= 4 is 6.03 Å². The Labute approximate surface area is 133 Å². The summed E-state index contributed by atoms with van der Waals surface area (Å²) >= 11 is 0. The lowest BCUT2D eigenvalue weighted by atomic mass is 10.2. The standard InChI is InChI=1S/C15H20FN5O2/c1-10(2)23-13-5-4-11(6-12(13)16)7-17-15(22)18-8-14-19-9-20-21(14)3/h4-6,9-10H,7-8H2,1-3H3,(H2,17,18,22). The van der Waals surface area contributed by atoms with E-state index in [9.17, 15) is 9.18 Å². The lowest BCUT2D eigenvalue weighted by Crippen LogP contribution is -2.35. The number of aryl methyl sites for hydroxylation is 1. The quantitative estimate of drug-likeness (QED) is 0.849. The van der Waals surface area contributed by atoms with Gasteiger partial charge in [-0.1, -0.05) is 6.07 Å². The molecule has 124 valence electrons. The van der Waals surface area contributed by atoms with E-state index in [1.54, 1.807) is 23.9 Å². The monoisotopic (exact) mass is 321 g/mol. The van der Waals surface area contributed by atoms with E-state index >= 15 is 0 Å². The third kappa shape index (κ3) is 4.94. The molecule has 0 aliphatic heterocycles. The summed E-state index contributed by atoms with van der Waals surface area (Å²) in [5.74, 6) is 0.398. The molecule has 0 saturated carbocycles. The summed E-state index contributed by atoms with van der Waals surface area (Å²) in [5.41, 5.74) is 0.646. The Kier molecular flexibility index (Phi) is 5.51. The molecule has 1 aromatic carbocycles. The molecule has 2 N–H and O–H groups in total. The molecule has 2 aromatic rings. The van der Waals surface area contributed by atoms with E-state index in [4.69, 9.17) is 4.74 Å². The molecule has 0 atom stereocenters. The number of carbonyl (C=O) groups is 1. The normalized spacial score (nSPS) is 10.7. The van der Waals surface area contributed by atoms with Crippen molar-refractivity contribution in [2.24, 2.45) is 7.05 Å². The Balaban J connectivity index is 1.82. The van der Waals surface area contributed by atoms with E-state index in [0.29, 0.717) is 11.4 Å². The number of carbonyl (C=O) groups excluding carboxylic acids is 1. The number of hydrogen-bond acceptors (Lipinski definition) is 4. The average Bonchev–Trinajstić information content (AvgIpc) is 2.90. The predicted octanol–water partition coefficient (Wildman–Crippen LogP) is 1.74. The van der Waals surface area contributed by atoms with Crippen LogP contribution in [0.15, 0.2) is 24.5 Å². The highest BCUT2D eigenvalue weighted by Crippen LogP contribution is 2.19. The van der Waals surface area contributed by atoms with Crippen LogP contribution in [-0.4, -0.2) is 26.9 Å². The fourth-order valence-corrected chi connectivity index (χ4v) is 1.89. The summed E-state index contributed by atoms with van der Waals surface area (Å²) in [7, 11) is 1.74. The van der Waals surface area contributed by atoms with Crippen LogP contribution in [0.25, 0.3) is 0 Å². The Morgan fingerprint density at radius 2 is 2.09 bits per heavy atom. The molecule has 0 fully saturated rings. The first-order chi connectivity index (χ1) is 11.0. The highest BCUT2D eigenvalue weighted by atomic mass is 19.1. The summed E-state index contributed by atoms with van der Waals surface area (Å²) in [4.78, 5) is 15.7. The molecule has 0 aliphatic carbocycles. The molecule has 2 rings (SSSR count). The van der Waals surface area contributed by atoms with Gasteiger partial charge in [0.1, 0.15) is 12.2 Å². The first-order valence-corrected chi connectivity index (χ1v) is 7.25. The molecule has 2 amide bonds. The highest BCUT2D eigenvalue weighted by molar-refractivity contribution is 5.73. The van der Waals surface area contributed by atoms with Gasteiger partial charge < -0.3 is 15.4 Å². The minimum absolute atomic E-state index is 0.0973. The number of benzene rings is 1. The van der Waals surface area contributed by atoms with Gasteiger partial charge in [0.25, 0.3) is 0 Å². The van der Waals surface area contributed by atoms with Crippen LogP contribution < -0.4 is 15.4 Å². The smallest absolute Gasteiger partial charge is 0.315 e. The molecular weight excluding hydrogens is 301 g/mol. The molecule has 1 heterocycles. The number of halogens is 1.